The van der Waals surface area contributed by atoms with Gasteiger partial charge < -0.3 is 5.32 Å². The van der Waals surface area contributed by atoms with Gasteiger partial charge in [-0.3, -0.25) is 19.2 Å². The molecule has 9 heteroatoms. The molecule has 1 N–H and O–H groups in total. The summed E-state index contributed by atoms with van der Waals surface area (Å²) in [4.78, 5) is 23.4. The lowest BCUT2D eigenvalue weighted by Gasteiger charge is -2.25. The number of sulfonamides is 1. The Morgan fingerprint density at radius 1 is 1.00 bits per heavy atom. The molecule has 0 heterocycles. The van der Waals surface area contributed by atoms with Crippen molar-refractivity contribution < 1.29 is 18.1 Å². The Labute approximate surface area is 186 Å². The van der Waals surface area contributed by atoms with Gasteiger partial charge in [0.05, 0.1) is 22.9 Å². The zero-order chi connectivity index (χ0) is 23.3. The SMILES string of the molecule is Cc1ccc([C@H](NC(=O)CN(c2cccc([N+](=O)[O-])c2)S(C)(=O)=O)c2ccccc2)cc1. The van der Waals surface area contributed by atoms with Crippen LogP contribution in [-0.4, -0.2) is 32.0 Å². The number of nitrogens with zero attached hydrogens (tertiary/aromatic N) is 2. The predicted octanol–water partition coefficient (Wildman–Crippen LogP) is 3.58. The molecule has 0 aliphatic carbocycles. The Bertz CT molecular complexity index is 1210. The molecule has 3 aromatic rings. The Balaban J connectivity index is 1.90. The summed E-state index contributed by atoms with van der Waals surface area (Å²) in [5.41, 5.74) is 2.53. The monoisotopic (exact) mass is 453 g/mol. The summed E-state index contributed by atoms with van der Waals surface area (Å²) in [6.07, 6.45) is 0.952. The smallest absolute Gasteiger partial charge is 0.271 e. The third kappa shape index (κ3) is 5.70. The highest BCUT2D eigenvalue weighted by Gasteiger charge is 2.25. The zero-order valence-electron chi connectivity index (χ0n) is 17.6. The van der Waals surface area contributed by atoms with E-state index in [0.717, 1.165) is 33.3 Å². The molecule has 32 heavy (non-hydrogen) atoms. The summed E-state index contributed by atoms with van der Waals surface area (Å²) in [6, 6.07) is 21.7. The molecular formula is C23H23N3O5S. The van der Waals surface area contributed by atoms with Crippen molar-refractivity contribution in [3.8, 4) is 0 Å². The van der Waals surface area contributed by atoms with Gasteiger partial charge in [0.1, 0.15) is 6.54 Å². The number of rotatable bonds is 8. The number of hydrogen-bond donors (Lipinski definition) is 1. The van der Waals surface area contributed by atoms with Crippen molar-refractivity contribution in [3.63, 3.8) is 0 Å². The Morgan fingerprint density at radius 3 is 2.22 bits per heavy atom. The van der Waals surface area contributed by atoms with Crippen LogP contribution in [0.25, 0.3) is 0 Å². The minimum absolute atomic E-state index is 0.0449. The topological polar surface area (TPSA) is 110 Å². The average Bonchev–Trinajstić information content (AvgIpc) is 2.76. The molecule has 0 saturated carbocycles. The molecule has 0 aliphatic heterocycles. The molecular weight excluding hydrogens is 430 g/mol. The Kier molecular flexibility index (Phi) is 6.89. The van der Waals surface area contributed by atoms with Crippen LogP contribution >= 0.6 is 0 Å². The molecule has 0 aromatic heterocycles. The highest BCUT2D eigenvalue weighted by molar-refractivity contribution is 7.92. The van der Waals surface area contributed by atoms with E-state index in [2.05, 4.69) is 5.32 Å². The Morgan fingerprint density at radius 2 is 1.62 bits per heavy atom. The molecule has 0 spiro atoms. The van der Waals surface area contributed by atoms with Crippen molar-refractivity contribution in [2.45, 2.75) is 13.0 Å². The van der Waals surface area contributed by atoms with E-state index in [4.69, 9.17) is 0 Å². The van der Waals surface area contributed by atoms with Crippen LogP contribution in [0.5, 0.6) is 0 Å². The zero-order valence-corrected chi connectivity index (χ0v) is 18.5. The molecule has 3 rings (SSSR count). The summed E-state index contributed by atoms with van der Waals surface area (Å²) in [6.45, 7) is 1.44. The fourth-order valence-electron chi connectivity index (χ4n) is 3.26. The first kappa shape index (κ1) is 23.0. The summed E-state index contributed by atoms with van der Waals surface area (Å²) in [5, 5.41) is 14.0. The number of nitro groups is 1. The van der Waals surface area contributed by atoms with Crippen molar-refractivity contribution in [2.75, 3.05) is 17.1 Å². The first-order valence-corrected chi connectivity index (χ1v) is 11.6. The number of nitrogens with one attached hydrogen (secondary N) is 1. The van der Waals surface area contributed by atoms with Crippen molar-refractivity contribution in [1.82, 2.24) is 5.32 Å². The van der Waals surface area contributed by atoms with Gasteiger partial charge in [0, 0.05) is 12.1 Å². The molecule has 0 radical (unpaired) electrons. The number of non-ortho nitro benzene ring substituents is 1. The summed E-state index contributed by atoms with van der Waals surface area (Å²) in [5.74, 6) is -0.545. The largest absolute Gasteiger partial charge is 0.344 e. The lowest BCUT2D eigenvalue weighted by Crippen LogP contribution is -2.41. The molecule has 3 aromatic carbocycles. The number of nitro benzene ring substituents is 1. The molecule has 0 unspecified atom stereocenters. The van der Waals surface area contributed by atoms with Gasteiger partial charge in [0.15, 0.2) is 0 Å². The summed E-state index contributed by atoms with van der Waals surface area (Å²) < 4.78 is 25.6. The number of anilines is 1. The average molecular weight is 454 g/mol. The van der Waals surface area contributed by atoms with Gasteiger partial charge in [-0.2, -0.15) is 0 Å². The van der Waals surface area contributed by atoms with Gasteiger partial charge >= 0.3 is 0 Å². The van der Waals surface area contributed by atoms with Gasteiger partial charge in [-0.25, -0.2) is 8.42 Å². The van der Waals surface area contributed by atoms with Crippen LogP contribution in [0.15, 0.2) is 78.9 Å². The predicted molar refractivity (Wildman–Crippen MR) is 123 cm³/mol. The molecule has 0 bridgehead atoms. The third-order valence-corrected chi connectivity index (χ3v) is 6.01. The second kappa shape index (κ2) is 9.61. The second-order valence-electron chi connectivity index (χ2n) is 7.37. The minimum Gasteiger partial charge on any atom is -0.344 e. The number of benzene rings is 3. The van der Waals surface area contributed by atoms with Crippen molar-refractivity contribution in [3.05, 3.63) is 106 Å². The normalized spacial score (nSPS) is 12.1. The van der Waals surface area contributed by atoms with Gasteiger partial charge in [0.25, 0.3) is 5.69 Å². The molecule has 8 nitrogen and oxygen atoms in total. The minimum atomic E-state index is -3.88. The van der Waals surface area contributed by atoms with Crippen LogP contribution in [0.3, 0.4) is 0 Å². The third-order valence-electron chi connectivity index (χ3n) is 4.86. The van der Waals surface area contributed by atoms with E-state index in [-0.39, 0.29) is 11.4 Å². The maximum Gasteiger partial charge on any atom is 0.271 e. The van der Waals surface area contributed by atoms with Crippen LogP contribution in [-0.2, 0) is 14.8 Å². The number of aryl methyl sites for hydroxylation is 1. The van der Waals surface area contributed by atoms with Crippen LogP contribution in [0.1, 0.15) is 22.7 Å². The van der Waals surface area contributed by atoms with E-state index >= 15 is 0 Å². The fourth-order valence-corrected chi connectivity index (χ4v) is 4.11. The van der Waals surface area contributed by atoms with E-state index in [1.165, 1.54) is 18.2 Å². The van der Waals surface area contributed by atoms with Crippen LogP contribution < -0.4 is 9.62 Å². The van der Waals surface area contributed by atoms with Crippen LogP contribution in [0.4, 0.5) is 11.4 Å². The van der Waals surface area contributed by atoms with E-state index < -0.39 is 33.4 Å². The van der Waals surface area contributed by atoms with Gasteiger partial charge in [-0.1, -0.05) is 66.2 Å². The summed E-state index contributed by atoms with van der Waals surface area (Å²) in [7, 11) is -3.88. The highest BCUT2D eigenvalue weighted by atomic mass is 32.2. The molecule has 166 valence electrons. The van der Waals surface area contributed by atoms with E-state index in [1.54, 1.807) is 0 Å². The first-order chi connectivity index (χ1) is 15.1. The van der Waals surface area contributed by atoms with Crippen molar-refractivity contribution in [1.29, 1.82) is 0 Å². The second-order valence-corrected chi connectivity index (χ2v) is 9.28. The van der Waals surface area contributed by atoms with Gasteiger partial charge in [0.2, 0.25) is 15.9 Å². The molecule has 0 saturated heterocycles. The van der Waals surface area contributed by atoms with Gasteiger partial charge in [-0.15, -0.1) is 0 Å². The molecule has 1 amide bonds. The molecule has 0 aliphatic rings. The fraction of sp³-hybridized carbons (Fsp3) is 0.174. The van der Waals surface area contributed by atoms with Crippen LogP contribution in [0, 0.1) is 17.0 Å². The van der Waals surface area contributed by atoms with E-state index in [0.29, 0.717) is 0 Å². The van der Waals surface area contributed by atoms with Gasteiger partial charge in [-0.05, 0) is 24.1 Å². The van der Waals surface area contributed by atoms with Crippen LogP contribution in [0.2, 0.25) is 0 Å². The standard InChI is InChI=1S/C23H23N3O5S/c1-17-11-13-19(14-12-17)23(18-7-4-3-5-8-18)24-22(27)16-25(32(2,30)31)20-9-6-10-21(15-20)26(28)29/h3-15,23H,16H2,1-2H3,(H,24,27)/t23-/m1/s1. The lowest BCUT2D eigenvalue weighted by molar-refractivity contribution is -0.384. The molecule has 0 fully saturated rings. The number of amides is 1. The molecule has 1 atom stereocenters. The maximum atomic E-state index is 13.0. The van der Waals surface area contributed by atoms with Crippen molar-refractivity contribution in [2.24, 2.45) is 0 Å². The number of hydrogen-bond acceptors (Lipinski definition) is 5. The number of carbonyl (C=O) groups is 1. The van der Waals surface area contributed by atoms with E-state index in [1.807, 2.05) is 61.5 Å². The maximum absolute atomic E-state index is 13.0. The lowest BCUT2D eigenvalue weighted by atomic mass is 9.98. The first-order valence-electron chi connectivity index (χ1n) is 9.78. The highest BCUT2D eigenvalue weighted by Crippen LogP contribution is 2.25. The quantitative estimate of drug-likeness (QED) is 0.414. The summed E-state index contributed by atoms with van der Waals surface area (Å²) >= 11 is 0. The number of carbonyl (C=O) groups excluding carboxylic acids is 1. The van der Waals surface area contributed by atoms with E-state index in [9.17, 15) is 23.3 Å². The van der Waals surface area contributed by atoms with Crippen molar-refractivity contribution >= 4 is 27.3 Å². The Hall–Kier alpha value is -3.72.